The minimum absolute atomic E-state index is 0.0374. The Balaban J connectivity index is 0.961. The van der Waals surface area contributed by atoms with Gasteiger partial charge in [-0.05, 0) is 75.9 Å². The molecule has 304 valence electrons. The van der Waals surface area contributed by atoms with Crippen LogP contribution in [0.1, 0.15) is 50.2 Å². The lowest BCUT2D eigenvalue weighted by Gasteiger charge is -2.36. The van der Waals surface area contributed by atoms with E-state index in [1.54, 1.807) is 48.5 Å². The van der Waals surface area contributed by atoms with E-state index in [9.17, 15) is 40.8 Å². The third-order valence-electron chi connectivity index (χ3n) is 10.2. The van der Waals surface area contributed by atoms with E-state index in [4.69, 9.17) is 0 Å². The lowest BCUT2D eigenvalue weighted by Crippen LogP contribution is -2.54. The predicted molar refractivity (Wildman–Crippen MR) is 212 cm³/mol. The number of amides is 4. The van der Waals surface area contributed by atoms with Gasteiger partial charge in [0.15, 0.2) is 0 Å². The highest BCUT2D eigenvalue weighted by atomic mass is 79.9. The third-order valence-corrected chi connectivity index (χ3v) is 12.3. The number of piperidine rings is 1. The van der Waals surface area contributed by atoms with Gasteiger partial charge in [0.2, 0.25) is 27.8 Å². The van der Waals surface area contributed by atoms with E-state index in [1.165, 1.54) is 7.05 Å². The second-order valence-electron chi connectivity index (χ2n) is 14.1. The van der Waals surface area contributed by atoms with Gasteiger partial charge in [-0.15, -0.1) is 0 Å². The summed E-state index contributed by atoms with van der Waals surface area (Å²) >= 11 is 3.55. The number of aromatic nitrogens is 2. The van der Waals surface area contributed by atoms with E-state index in [-0.39, 0.29) is 36.5 Å². The van der Waals surface area contributed by atoms with E-state index in [1.807, 2.05) is 12.1 Å². The van der Waals surface area contributed by atoms with E-state index in [2.05, 4.69) is 51.6 Å². The van der Waals surface area contributed by atoms with Gasteiger partial charge in [0.25, 0.3) is 11.8 Å². The zero-order valence-electron chi connectivity index (χ0n) is 31.1. The van der Waals surface area contributed by atoms with Crippen LogP contribution in [0.3, 0.4) is 0 Å². The number of fused-ring (bicyclic) bond motifs is 1. The number of imide groups is 2. The summed E-state index contributed by atoms with van der Waals surface area (Å²) in [5.74, 6) is -2.75. The molecule has 3 aromatic carbocycles. The Bertz CT molecular complexity index is 2410. The first kappa shape index (κ1) is 40.6. The molecule has 1 atom stereocenters. The first-order valence-electron chi connectivity index (χ1n) is 18.1. The molecule has 0 spiro atoms. The van der Waals surface area contributed by atoms with Crippen molar-refractivity contribution in [1.29, 1.82) is 0 Å². The second kappa shape index (κ2) is 16.0. The Kier molecular flexibility index (Phi) is 11.2. The summed E-state index contributed by atoms with van der Waals surface area (Å²) in [5, 5.41) is 7.90. The standard InChI is InChI=1S/C38H37BrF3N9O6S/c1-48(58(2,56)57)26-5-3-4-22(18-26)19-43-33-28(38(40,41)42)20-44-37(47-33)45-24-7-9-25(10-8-24)50-16-14-49(15-17-50)21-23-6-11-27-31(32(23)39)36(55)51(35(27)54)29-12-13-30(52)46-34(29)53/h3-11,18,20,29H,12-17,19,21H2,1-2H3,(H,46,52,53)(H2,43,44,45,47). The number of carbonyl (C=O) groups is 4. The van der Waals surface area contributed by atoms with Gasteiger partial charge in [0.05, 0.1) is 23.1 Å². The molecular formula is C38H37BrF3N9O6S. The van der Waals surface area contributed by atoms with E-state index in [0.29, 0.717) is 60.3 Å². The molecule has 0 bridgehead atoms. The quantitative estimate of drug-likeness (QED) is 0.177. The molecule has 20 heteroatoms. The van der Waals surface area contributed by atoms with Gasteiger partial charge >= 0.3 is 6.18 Å². The van der Waals surface area contributed by atoms with Crippen LogP contribution in [-0.4, -0.2) is 97.3 Å². The van der Waals surface area contributed by atoms with E-state index < -0.39 is 57.3 Å². The summed E-state index contributed by atoms with van der Waals surface area (Å²) in [5.41, 5.74) is 2.54. The number of rotatable bonds is 11. The Hall–Kier alpha value is -5.60. The summed E-state index contributed by atoms with van der Waals surface area (Å²) in [6.07, 6.45) is -2.87. The molecular weight excluding hydrogens is 847 g/mol. The fourth-order valence-electron chi connectivity index (χ4n) is 7.00. The zero-order valence-corrected chi connectivity index (χ0v) is 33.5. The number of nitrogens with zero attached hydrogens (tertiary/aromatic N) is 6. The van der Waals surface area contributed by atoms with E-state index in [0.717, 1.165) is 26.7 Å². The van der Waals surface area contributed by atoms with Crippen molar-refractivity contribution in [2.24, 2.45) is 0 Å². The number of halogens is 4. The van der Waals surface area contributed by atoms with Crippen molar-refractivity contribution in [3.05, 3.63) is 99.2 Å². The molecule has 3 aliphatic heterocycles. The molecule has 2 fully saturated rings. The highest BCUT2D eigenvalue weighted by Crippen LogP contribution is 2.36. The molecule has 58 heavy (non-hydrogen) atoms. The maximum Gasteiger partial charge on any atom is 0.421 e. The van der Waals surface area contributed by atoms with Gasteiger partial charge in [0.1, 0.15) is 17.4 Å². The molecule has 2 saturated heterocycles. The molecule has 1 aromatic heterocycles. The minimum atomic E-state index is -4.73. The van der Waals surface area contributed by atoms with E-state index >= 15 is 0 Å². The molecule has 0 saturated carbocycles. The van der Waals surface area contributed by atoms with Gasteiger partial charge in [-0.3, -0.25) is 38.6 Å². The number of piperazine rings is 1. The first-order chi connectivity index (χ1) is 27.5. The molecule has 3 N–H and O–H groups in total. The molecule has 3 aliphatic rings. The Morgan fingerprint density at radius 2 is 1.71 bits per heavy atom. The second-order valence-corrected chi connectivity index (χ2v) is 16.9. The molecule has 7 rings (SSSR count). The smallest absolute Gasteiger partial charge is 0.369 e. The lowest BCUT2D eigenvalue weighted by atomic mass is 10.0. The number of hydrogen-bond donors (Lipinski definition) is 3. The largest absolute Gasteiger partial charge is 0.421 e. The van der Waals surface area contributed by atoms with Crippen LogP contribution in [0.15, 0.2) is 71.3 Å². The van der Waals surface area contributed by atoms with Crippen molar-refractivity contribution in [3.63, 3.8) is 0 Å². The highest BCUT2D eigenvalue weighted by molar-refractivity contribution is 9.10. The fourth-order valence-corrected chi connectivity index (χ4v) is 8.13. The normalized spacial score (nSPS) is 17.7. The van der Waals surface area contributed by atoms with Crippen molar-refractivity contribution in [2.45, 2.75) is 38.1 Å². The number of alkyl halides is 3. The minimum Gasteiger partial charge on any atom is -0.369 e. The number of carbonyl (C=O) groups excluding carboxylic acids is 4. The average Bonchev–Trinajstić information content (AvgIpc) is 3.43. The first-order valence-corrected chi connectivity index (χ1v) is 20.7. The Labute approximate surface area is 339 Å². The van der Waals surface area contributed by atoms with Gasteiger partial charge in [0, 0.05) is 74.8 Å². The SMILES string of the molecule is CN(c1cccc(CNc2nc(Nc3ccc(N4CCN(Cc5ccc6c(c5Br)C(=O)N(C5CCC(=O)NC5=O)C6=O)CC4)cc3)ncc2C(F)(F)F)c1)S(C)(=O)=O. The monoisotopic (exact) mass is 883 g/mol. The lowest BCUT2D eigenvalue weighted by molar-refractivity contribution is -0.138. The number of anilines is 5. The molecule has 4 amide bonds. The predicted octanol–water partition coefficient (Wildman–Crippen LogP) is 4.73. The number of benzene rings is 3. The summed E-state index contributed by atoms with van der Waals surface area (Å²) in [7, 11) is -2.15. The average molecular weight is 885 g/mol. The topological polar surface area (TPSA) is 177 Å². The van der Waals surface area contributed by atoms with Crippen molar-refractivity contribution >= 4 is 78.4 Å². The zero-order chi connectivity index (χ0) is 41.5. The van der Waals surface area contributed by atoms with Gasteiger partial charge < -0.3 is 15.5 Å². The van der Waals surface area contributed by atoms with Gasteiger partial charge in [-0.25, -0.2) is 13.4 Å². The highest BCUT2D eigenvalue weighted by Gasteiger charge is 2.46. The van der Waals surface area contributed by atoms with Crippen LogP contribution < -0.4 is 25.2 Å². The molecule has 4 aromatic rings. The van der Waals surface area contributed by atoms with Crippen molar-refractivity contribution < 1.29 is 40.8 Å². The van der Waals surface area contributed by atoms with Crippen LogP contribution in [0.4, 0.5) is 42.0 Å². The number of nitrogens with one attached hydrogen (secondary N) is 3. The molecule has 1 unspecified atom stereocenters. The van der Waals surface area contributed by atoms with Gasteiger partial charge in [-0.2, -0.15) is 18.2 Å². The van der Waals surface area contributed by atoms with Crippen molar-refractivity contribution in [3.8, 4) is 0 Å². The summed E-state index contributed by atoms with van der Waals surface area (Å²) in [6.45, 7) is 3.17. The van der Waals surface area contributed by atoms with Crippen LogP contribution in [0.25, 0.3) is 0 Å². The van der Waals surface area contributed by atoms with Gasteiger partial charge in [-0.1, -0.05) is 18.2 Å². The number of hydrogen-bond acceptors (Lipinski definition) is 12. The summed E-state index contributed by atoms with van der Waals surface area (Å²) < 4.78 is 67.2. The van der Waals surface area contributed by atoms with Crippen LogP contribution in [0.5, 0.6) is 0 Å². The Morgan fingerprint density at radius 1 is 0.983 bits per heavy atom. The Morgan fingerprint density at radius 3 is 2.38 bits per heavy atom. The molecule has 0 radical (unpaired) electrons. The maximum absolute atomic E-state index is 13.9. The summed E-state index contributed by atoms with van der Waals surface area (Å²) in [6, 6.07) is 16.1. The van der Waals surface area contributed by atoms with Crippen LogP contribution in [0, 0.1) is 0 Å². The summed E-state index contributed by atoms with van der Waals surface area (Å²) in [4.78, 5) is 64.1. The van der Waals surface area contributed by atoms with Crippen LogP contribution in [0.2, 0.25) is 0 Å². The molecule has 0 aliphatic carbocycles. The van der Waals surface area contributed by atoms with Crippen LogP contribution in [-0.2, 0) is 38.9 Å². The maximum atomic E-state index is 13.9. The third kappa shape index (κ3) is 8.48. The number of sulfonamides is 1. The molecule has 15 nitrogen and oxygen atoms in total. The van der Waals surface area contributed by atoms with Crippen LogP contribution >= 0.6 is 15.9 Å². The fraction of sp³-hybridized carbons (Fsp3) is 0.316. The van der Waals surface area contributed by atoms with Crippen molar-refractivity contribution in [1.82, 2.24) is 25.1 Å². The molecule has 4 heterocycles. The van der Waals surface area contributed by atoms with Crippen molar-refractivity contribution in [2.75, 3.05) is 59.3 Å².